The van der Waals surface area contributed by atoms with Gasteiger partial charge in [0, 0.05) is 17.3 Å². The Labute approximate surface area is 189 Å². The predicted octanol–water partition coefficient (Wildman–Crippen LogP) is 3.28. The Balaban J connectivity index is 2.29. The molecular formula is C24H27F3N2O4. The number of aliphatic hydroxyl groups excluding tert-OH is 3. The van der Waals surface area contributed by atoms with Crippen LogP contribution in [0.3, 0.4) is 0 Å². The largest absolute Gasteiger partial charge is 0.421 e. The van der Waals surface area contributed by atoms with Crippen molar-refractivity contribution in [2.45, 2.75) is 38.1 Å². The van der Waals surface area contributed by atoms with Crippen LogP contribution in [0.1, 0.15) is 23.6 Å². The highest BCUT2D eigenvalue weighted by Gasteiger charge is 2.52. The van der Waals surface area contributed by atoms with Gasteiger partial charge >= 0.3 is 6.18 Å². The van der Waals surface area contributed by atoms with Gasteiger partial charge in [-0.2, -0.15) is 18.3 Å². The van der Waals surface area contributed by atoms with Gasteiger partial charge in [-0.25, -0.2) is 0 Å². The van der Waals surface area contributed by atoms with Crippen molar-refractivity contribution in [2.75, 3.05) is 19.8 Å². The number of aromatic nitrogens is 2. The number of aliphatic hydroxyl groups is 4. The van der Waals surface area contributed by atoms with Crippen molar-refractivity contribution < 1.29 is 33.6 Å². The number of nitrogens with zero attached hydrogens (tertiary/aromatic N) is 2. The van der Waals surface area contributed by atoms with E-state index in [0.717, 1.165) is 12.5 Å². The molecule has 6 nitrogen and oxygen atoms in total. The third-order valence-corrected chi connectivity index (χ3v) is 6.02. The Kier molecular flexibility index (Phi) is 6.72. The number of alkyl halides is 3. The van der Waals surface area contributed by atoms with Crippen LogP contribution in [-0.4, -0.2) is 56.2 Å². The summed E-state index contributed by atoms with van der Waals surface area (Å²) in [4.78, 5) is 0. The minimum absolute atomic E-state index is 0.220. The first kappa shape index (κ1) is 24.9. The highest BCUT2D eigenvalue weighted by Crippen LogP contribution is 2.45. The number of benzene rings is 2. The van der Waals surface area contributed by atoms with Gasteiger partial charge in [-0.15, -0.1) is 0 Å². The van der Waals surface area contributed by atoms with Crippen LogP contribution < -0.4 is 0 Å². The Morgan fingerprint density at radius 3 is 2.12 bits per heavy atom. The molecule has 1 atom stereocenters. The summed E-state index contributed by atoms with van der Waals surface area (Å²) in [6.45, 7) is 2.64. The highest BCUT2D eigenvalue weighted by atomic mass is 19.4. The zero-order valence-corrected chi connectivity index (χ0v) is 18.6. The second kappa shape index (κ2) is 8.90. The molecule has 4 N–H and O–H groups in total. The maximum Gasteiger partial charge on any atom is 0.421 e. The fraction of sp³-hybridized carbons (Fsp3) is 0.375. The minimum atomic E-state index is -4.89. The number of halogens is 3. The summed E-state index contributed by atoms with van der Waals surface area (Å²) in [5.41, 5.74) is -1.46. The Hall–Kier alpha value is -2.72. The molecule has 9 heteroatoms. The van der Waals surface area contributed by atoms with Crippen molar-refractivity contribution in [2.24, 2.45) is 0 Å². The average molecular weight is 464 g/mol. The molecule has 0 fully saturated rings. The van der Waals surface area contributed by atoms with E-state index in [4.69, 9.17) is 0 Å². The minimum Gasteiger partial charge on any atom is -0.394 e. The second-order valence-electron chi connectivity index (χ2n) is 8.49. The van der Waals surface area contributed by atoms with Crippen molar-refractivity contribution in [3.63, 3.8) is 0 Å². The third-order valence-electron chi connectivity index (χ3n) is 6.02. The van der Waals surface area contributed by atoms with E-state index < -0.39 is 37.1 Å². The zero-order valence-electron chi connectivity index (χ0n) is 18.6. The van der Waals surface area contributed by atoms with Crippen molar-refractivity contribution in [3.05, 3.63) is 65.5 Å². The first-order chi connectivity index (χ1) is 15.4. The van der Waals surface area contributed by atoms with Gasteiger partial charge in [0.15, 0.2) is 5.60 Å². The number of rotatable bonds is 7. The quantitative estimate of drug-likeness (QED) is 0.430. The van der Waals surface area contributed by atoms with Crippen molar-refractivity contribution in [1.82, 2.24) is 9.78 Å². The first-order valence-electron chi connectivity index (χ1n) is 10.3. The summed E-state index contributed by atoms with van der Waals surface area (Å²) in [6.07, 6.45) is -1.92. The lowest BCUT2D eigenvalue weighted by Crippen LogP contribution is -2.45. The van der Waals surface area contributed by atoms with Gasteiger partial charge in [0.05, 0.1) is 26.0 Å². The molecule has 0 saturated carbocycles. The van der Waals surface area contributed by atoms with E-state index in [1.165, 1.54) is 35.3 Å². The average Bonchev–Trinajstić information content (AvgIpc) is 3.25. The fourth-order valence-electron chi connectivity index (χ4n) is 3.92. The van der Waals surface area contributed by atoms with Crippen LogP contribution in [0.4, 0.5) is 13.2 Å². The van der Waals surface area contributed by atoms with Crippen LogP contribution >= 0.6 is 0 Å². The van der Waals surface area contributed by atoms with Crippen molar-refractivity contribution >= 4 is 0 Å². The Morgan fingerprint density at radius 2 is 1.55 bits per heavy atom. The molecule has 0 aliphatic rings. The highest BCUT2D eigenvalue weighted by molar-refractivity contribution is 5.87. The number of aryl methyl sites for hydroxylation is 2. The van der Waals surface area contributed by atoms with Gasteiger partial charge in [0.2, 0.25) is 0 Å². The molecule has 0 aliphatic heterocycles. The molecule has 3 rings (SSSR count). The molecule has 0 radical (unpaired) electrons. The van der Waals surface area contributed by atoms with Gasteiger partial charge in [0.1, 0.15) is 5.54 Å². The van der Waals surface area contributed by atoms with E-state index in [-0.39, 0.29) is 11.1 Å². The zero-order chi connectivity index (χ0) is 24.6. The van der Waals surface area contributed by atoms with E-state index >= 15 is 0 Å². The van der Waals surface area contributed by atoms with Crippen LogP contribution in [0.25, 0.3) is 22.3 Å². The maximum atomic E-state index is 13.7. The van der Waals surface area contributed by atoms with Crippen LogP contribution in [0, 0.1) is 13.8 Å². The van der Waals surface area contributed by atoms with Crippen molar-refractivity contribution in [3.8, 4) is 22.3 Å². The normalized spacial score (nSPS) is 14.4. The summed E-state index contributed by atoms with van der Waals surface area (Å²) in [5.74, 6) is 0. The maximum absolute atomic E-state index is 13.7. The van der Waals surface area contributed by atoms with Gasteiger partial charge in [-0.05, 0) is 43.0 Å². The SMILES string of the molecule is Cc1cc(C)c(-c2ccccc2C(C)(O)C(F)(F)F)c(-c2cnn(C(CO)(CO)CO)c2)c1. The third kappa shape index (κ3) is 4.29. The number of hydrogen-bond acceptors (Lipinski definition) is 5. The van der Waals surface area contributed by atoms with E-state index in [1.54, 1.807) is 19.1 Å². The molecular weight excluding hydrogens is 437 g/mol. The molecule has 1 heterocycles. The molecule has 0 saturated heterocycles. The summed E-state index contributed by atoms with van der Waals surface area (Å²) < 4.78 is 42.4. The van der Waals surface area contributed by atoms with Gasteiger partial charge < -0.3 is 20.4 Å². The molecule has 0 aliphatic carbocycles. The molecule has 178 valence electrons. The standard InChI is InChI=1S/C24H27F3N2O4/c1-15-8-16(2)21(18-6-4-5-7-20(18)22(3,33)24(25,26)27)19(9-15)17-10-28-29(11-17)23(12-30,13-31)14-32/h4-11,30-33H,12-14H2,1-3H3. The lowest BCUT2D eigenvalue weighted by atomic mass is 9.83. The molecule has 0 amide bonds. The van der Waals surface area contributed by atoms with Crippen molar-refractivity contribution in [1.29, 1.82) is 0 Å². The van der Waals surface area contributed by atoms with Gasteiger partial charge in [-0.3, -0.25) is 4.68 Å². The molecule has 0 spiro atoms. The summed E-state index contributed by atoms with van der Waals surface area (Å²) in [7, 11) is 0. The monoisotopic (exact) mass is 464 g/mol. The van der Waals surface area contributed by atoms with E-state index in [0.29, 0.717) is 22.3 Å². The Bertz CT molecular complexity index is 1130. The molecule has 3 aromatic rings. The number of hydrogen-bond donors (Lipinski definition) is 4. The first-order valence-corrected chi connectivity index (χ1v) is 10.3. The molecule has 2 aromatic carbocycles. The summed E-state index contributed by atoms with van der Waals surface area (Å²) >= 11 is 0. The van der Waals surface area contributed by atoms with E-state index in [2.05, 4.69) is 5.10 Å². The van der Waals surface area contributed by atoms with E-state index in [9.17, 15) is 33.6 Å². The molecule has 1 unspecified atom stereocenters. The van der Waals surface area contributed by atoms with Gasteiger partial charge in [-0.1, -0.05) is 42.0 Å². The smallest absolute Gasteiger partial charge is 0.394 e. The van der Waals surface area contributed by atoms with Crippen LogP contribution in [0.5, 0.6) is 0 Å². The summed E-state index contributed by atoms with van der Waals surface area (Å²) in [6, 6.07) is 9.46. The second-order valence-corrected chi connectivity index (χ2v) is 8.49. The topological polar surface area (TPSA) is 98.7 Å². The predicted molar refractivity (Wildman–Crippen MR) is 117 cm³/mol. The molecule has 33 heavy (non-hydrogen) atoms. The molecule has 1 aromatic heterocycles. The van der Waals surface area contributed by atoms with Gasteiger partial charge in [0.25, 0.3) is 0 Å². The van der Waals surface area contributed by atoms with Crippen LogP contribution in [0.15, 0.2) is 48.8 Å². The Morgan fingerprint density at radius 1 is 0.939 bits per heavy atom. The van der Waals surface area contributed by atoms with E-state index in [1.807, 2.05) is 13.0 Å². The van der Waals surface area contributed by atoms with Crippen LogP contribution in [-0.2, 0) is 11.1 Å². The lowest BCUT2D eigenvalue weighted by Gasteiger charge is -2.30. The molecule has 0 bridgehead atoms. The fourth-order valence-corrected chi connectivity index (χ4v) is 3.92. The lowest BCUT2D eigenvalue weighted by molar-refractivity contribution is -0.258. The summed E-state index contributed by atoms with van der Waals surface area (Å²) in [5, 5.41) is 43.8. The van der Waals surface area contributed by atoms with Crippen LogP contribution in [0.2, 0.25) is 0 Å².